The van der Waals surface area contributed by atoms with Gasteiger partial charge in [-0.1, -0.05) is 25.1 Å². The number of benzene rings is 1. The van der Waals surface area contributed by atoms with Crippen molar-refractivity contribution < 1.29 is 4.79 Å². The summed E-state index contributed by atoms with van der Waals surface area (Å²) >= 11 is 0. The molecular formula is C16H21N5O2. The van der Waals surface area contributed by atoms with Crippen LogP contribution in [0.25, 0.3) is 5.69 Å². The molecule has 7 heteroatoms. The number of carbonyl (C=O) groups is 1. The summed E-state index contributed by atoms with van der Waals surface area (Å²) < 4.78 is 2.34. The normalized spacial score (nSPS) is 18.1. The third kappa shape index (κ3) is 3.18. The maximum absolute atomic E-state index is 12.5. The van der Waals surface area contributed by atoms with Crippen LogP contribution in [0.15, 0.2) is 35.1 Å². The molecule has 3 rings (SSSR count). The van der Waals surface area contributed by atoms with Gasteiger partial charge in [0.25, 0.3) is 0 Å². The number of nitrogens with zero attached hydrogens (tertiary/aromatic N) is 5. The summed E-state index contributed by atoms with van der Waals surface area (Å²) in [6.45, 7) is 2.80. The van der Waals surface area contributed by atoms with E-state index >= 15 is 0 Å². The molecule has 1 amide bonds. The van der Waals surface area contributed by atoms with E-state index in [2.05, 4.69) is 17.4 Å². The van der Waals surface area contributed by atoms with Gasteiger partial charge in [-0.25, -0.2) is 4.79 Å². The standard InChI is InChI=1S/C16H21N5O2/c1-2-13-8-6-7-11-19(13)15(22)12-20-16(23)21(18-17-20)14-9-4-3-5-10-14/h3-5,9-10,13H,2,6-8,11-12H2,1H3/t13-/m0/s1. The second-order valence-electron chi connectivity index (χ2n) is 5.81. The molecule has 2 heterocycles. The minimum Gasteiger partial charge on any atom is -0.338 e. The lowest BCUT2D eigenvalue weighted by Crippen LogP contribution is -2.46. The zero-order valence-corrected chi connectivity index (χ0v) is 13.3. The molecule has 122 valence electrons. The fourth-order valence-electron chi connectivity index (χ4n) is 3.08. The first-order valence-corrected chi connectivity index (χ1v) is 8.08. The molecule has 1 fully saturated rings. The highest BCUT2D eigenvalue weighted by Crippen LogP contribution is 2.19. The van der Waals surface area contributed by atoms with Gasteiger partial charge in [-0.3, -0.25) is 4.79 Å². The molecule has 1 aliphatic rings. The van der Waals surface area contributed by atoms with Crippen molar-refractivity contribution in [2.24, 2.45) is 0 Å². The third-order valence-corrected chi connectivity index (χ3v) is 4.34. The van der Waals surface area contributed by atoms with Crippen molar-refractivity contribution in [2.45, 2.75) is 45.2 Å². The van der Waals surface area contributed by atoms with Gasteiger partial charge >= 0.3 is 5.69 Å². The molecule has 2 aromatic rings. The van der Waals surface area contributed by atoms with E-state index < -0.39 is 5.69 Å². The summed E-state index contributed by atoms with van der Waals surface area (Å²) in [5.41, 5.74) is 0.246. The van der Waals surface area contributed by atoms with Gasteiger partial charge < -0.3 is 4.90 Å². The van der Waals surface area contributed by atoms with Crippen LogP contribution in [0.2, 0.25) is 0 Å². The Balaban J connectivity index is 1.77. The number of tetrazole rings is 1. The number of amides is 1. The second kappa shape index (κ2) is 6.76. The maximum atomic E-state index is 12.5. The van der Waals surface area contributed by atoms with E-state index in [4.69, 9.17) is 0 Å². The molecule has 0 radical (unpaired) electrons. The fourth-order valence-corrected chi connectivity index (χ4v) is 3.08. The number of hydrogen-bond donors (Lipinski definition) is 0. The number of likely N-dealkylation sites (tertiary alicyclic amines) is 1. The molecule has 0 bridgehead atoms. The van der Waals surface area contributed by atoms with Crippen LogP contribution in [0.1, 0.15) is 32.6 Å². The SMILES string of the molecule is CC[C@H]1CCCCN1C(=O)Cn1nnn(-c2ccccc2)c1=O. The Kier molecular flexibility index (Phi) is 4.55. The van der Waals surface area contributed by atoms with Crippen molar-refractivity contribution >= 4 is 5.91 Å². The molecule has 1 aromatic carbocycles. The summed E-state index contributed by atoms with van der Waals surface area (Å²) in [4.78, 5) is 26.8. The highest BCUT2D eigenvalue weighted by Gasteiger charge is 2.26. The number of para-hydroxylation sites is 1. The highest BCUT2D eigenvalue weighted by atomic mass is 16.2. The molecule has 7 nitrogen and oxygen atoms in total. The van der Waals surface area contributed by atoms with Crippen molar-refractivity contribution in [1.82, 2.24) is 24.7 Å². The van der Waals surface area contributed by atoms with Crippen molar-refractivity contribution in [1.29, 1.82) is 0 Å². The van der Waals surface area contributed by atoms with Crippen molar-refractivity contribution in [3.8, 4) is 5.69 Å². The van der Waals surface area contributed by atoms with Crippen LogP contribution in [-0.4, -0.2) is 43.2 Å². The van der Waals surface area contributed by atoms with Crippen LogP contribution in [0.5, 0.6) is 0 Å². The van der Waals surface area contributed by atoms with E-state index in [9.17, 15) is 9.59 Å². The average Bonchev–Trinajstić information content (AvgIpc) is 2.96. The van der Waals surface area contributed by atoms with Crippen LogP contribution >= 0.6 is 0 Å². The largest absolute Gasteiger partial charge is 0.368 e. The number of aromatic nitrogens is 4. The fraction of sp³-hybridized carbons (Fsp3) is 0.500. The Hall–Kier alpha value is -2.44. The number of hydrogen-bond acceptors (Lipinski definition) is 4. The lowest BCUT2D eigenvalue weighted by Gasteiger charge is -2.35. The Morgan fingerprint density at radius 2 is 2.00 bits per heavy atom. The van der Waals surface area contributed by atoms with Crippen LogP contribution in [0.4, 0.5) is 0 Å². The average molecular weight is 315 g/mol. The summed E-state index contributed by atoms with van der Waals surface area (Å²) in [7, 11) is 0. The maximum Gasteiger partial charge on any atom is 0.368 e. The number of piperidine rings is 1. The minimum atomic E-state index is -0.394. The zero-order chi connectivity index (χ0) is 16.2. The summed E-state index contributed by atoms with van der Waals surface area (Å²) in [6.07, 6.45) is 4.16. The Morgan fingerprint density at radius 3 is 2.74 bits per heavy atom. The summed E-state index contributed by atoms with van der Waals surface area (Å²) in [5.74, 6) is -0.0567. The van der Waals surface area contributed by atoms with Gasteiger partial charge in [0.1, 0.15) is 6.54 Å². The van der Waals surface area contributed by atoms with Gasteiger partial charge in [0.2, 0.25) is 5.91 Å². The Bertz CT molecular complexity index is 722. The molecule has 0 saturated carbocycles. The van der Waals surface area contributed by atoms with Gasteiger partial charge in [0, 0.05) is 12.6 Å². The lowest BCUT2D eigenvalue weighted by molar-refractivity contribution is -0.135. The van der Waals surface area contributed by atoms with Gasteiger partial charge in [0.15, 0.2) is 0 Å². The first kappa shape index (κ1) is 15.5. The quantitative estimate of drug-likeness (QED) is 0.850. The first-order valence-electron chi connectivity index (χ1n) is 8.08. The molecule has 0 spiro atoms. The van der Waals surface area contributed by atoms with Crippen molar-refractivity contribution in [3.05, 3.63) is 40.8 Å². The third-order valence-electron chi connectivity index (χ3n) is 4.34. The van der Waals surface area contributed by atoms with E-state index in [1.54, 1.807) is 12.1 Å². The molecular weight excluding hydrogens is 294 g/mol. The van der Waals surface area contributed by atoms with E-state index in [-0.39, 0.29) is 18.5 Å². The van der Waals surface area contributed by atoms with Crippen LogP contribution in [-0.2, 0) is 11.3 Å². The Morgan fingerprint density at radius 1 is 1.22 bits per heavy atom. The lowest BCUT2D eigenvalue weighted by atomic mass is 10.00. The van der Waals surface area contributed by atoms with E-state index in [1.165, 1.54) is 4.68 Å². The van der Waals surface area contributed by atoms with E-state index in [0.717, 1.165) is 36.9 Å². The monoisotopic (exact) mass is 315 g/mol. The van der Waals surface area contributed by atoms with Gasteiger partial charge in [-0.05, 0) is 48.2 Å². The molecule has 1 aliphatic heterocycles. The zero-order valence-electron chi connectivity index (χ0n) is 13.3. The van der Waals surface area contributed by atoms with Crippen molar-refractivity contribution in [2.75, 3.05) is 6.54 Å². The second-order valence-corrected chi connectivity index (χ2v) is 5.81. The van der Waals surface area contributed by atoms with E-state index in [1.807, 2.05) is 23.1 Å². The molecule has 1 atom stereocenters. The Labute approximate surface area is 134 Å². The smallest absolute Gasteiger partial charge is 0.338 e. The topological polar surface area (TPSA) is 73.0 Å². The summed E-state index contributed by atoms with van der Waals surface area (Å²) in [6, 6.07) is 9.34. The highest BCUT2D eigenvalue weighted by molar-refractivity contribution is 5.76. The number of rotatable bonds is 4. The molecule has 0 aliphatic carbocycles. The molecule has 23 heavy (non-hydrogen) atoms. The van der Waals surface area contributed by atoms with Crippen LogP contribution < -0.4 is 5.69 Å². The van der Waals surface area contributed by atoms with Gasteiger partial charge in [-0.15, -0.1) is 0 Å². The van der Waals surface area contributed by atoms with Crippen LogP contribution in [0, 0.1) is 0 Å². The first-order chi connectivity index (χ1) is 11.2. The molecule has 1 aromatic heterocycles. The summed E-state index contributed by atoms with van der Waals surface area (Å²) in [5, 5.41) is 7.72. The minimum absolute atomic E-state index is 0.0534. The predicted octanol–water partition coefficient (Wildman–Crippen LogP) is 1.22. The predicted molar refractivity (Wildman–Crippen MR) is 85.3 cm³/mol. The number of carbonyl (C=O) groups excluding carboxylic acids is 1. The molecule has 1 saturated heterocycles. The molecule has 0 unspecified atom stereocenters. The van der Waals surface area contributed by atoms with E-state index in [0.29, 0.717) is 5.69 Å². The van der Waals surface area contributed by atoms with Gasteiger partial charge in [0.05, 0.1) is 5.69 Å². The van der Waals surface area contributed by atoms with Gasteiger partial charge in [-0.2, -0.15) is 9.36 Å². The van der Waals surface area contributed by atoms with Crippen molar-refractivity contribution in [3.63, 3.8) is 0 Å². The van der Waals surface area contributed by atoms with Crippen LogP contribution in [0.3, 0.4) is 0 Å². The molecule has 0 N–H and O–H groups in total.